The third-order valence-corrected chi connectivity index (χ3v) is 14.4. The molecule has 1 fully saturated rings. The summed E-state index contributed by atoms with van der Waals surface area (Å²) in [6, 6.07) is 30.4. The first-order chi connectivity index (χ1) is 32.3. The van der Waals surface area contributed by atoms with E-state index in [2.05, 4.69) is 67.8 Å². The molecule has 4 N–H and O–H groups in total. The van der Waals surface area contributed by atoms with Gasteiger partial charge in [0.1, 0.15) is 29.8 Å². The molecule has 4 amide bonds. The molecule has 0 spiro atoms. The highest BCUT2D eigenvalue weighted by Crippen LogP contribution is 2.45. The fourth-order valence-electron chi connectivity index (χ4n) is 8.89. The number of hydrogen-bond donors (Lipinski definition) is 4. The lowest BCUT2D eigenvalue weighted by atomic mass is 10.0. The molecule has 0 saturated carbocycles. The molecule has 14 nitrogen and oxygen atoms in total. The number of carbonyl (C=O) groups is 4. The number of alkyl carbamates (subject to hydrolysis) is 2. The number of carbonyl (C=O) groups excluding carboxylic acids is 4. The summed E-state index contributed by atoms with van der Waals surface area (Å²) >= 11 is 3.43. The Morgan fingerprint density at radius 2 is 1.30 bits per heavy atom. The lowest BCUT2D eigenvalue weighted by molar-refractivity contribution is -0.135. The first-order valence-corrected chi connectivity index (χ1v) is 23.2. The van der Waals surface area contributed by atoms with Crippen molar-refractivity contribution in [1.82, 2.24) is 40.4 Å². The lowest BCUT2D eigenvalue weighted by Gasteiger charge is -2.28. The Kier molecular flexibility index (Phi) is 11.7. The highest BCUT2D eigenvalue weighted by molar-refractivity contribution is 7.27. The molecule has 66 heavy (non-hydrogen) atoms. The molecule has 4 aromatic carbocycles. The Balaban J connectivity index is 0.847. The summed E-state index contributed by atoms with van der Waals surface area (Å²) in [5, 5.41) is 9.84. The van der Waals surface area contributed by atoms with E-state index in [1.54, 1.807) is 44.6 Å². The smallest absolute Gasteiger partial charge is 0.407 e. The minimum atomic E-state index is -0.927. The van der Waals surface area contributed by atoms with Crippen LogP contribution in [0.3, 0.4) is 0 Å². The zero-order valence-corrected chi connectivity index (χ0v) is 37.5. The quantitative estimate of drug-likeness (QED) is 0.0928. The lowest BCUT2D eigenvalue weighted by Crippen LogP contribution is -2.43. The number of thiophene rings is 2. The van der Waals surface area contributed by atoms with Crippen molar-refractivity contribution in [1.29, 1.82) is 0 Å². The van der Waals surface area contributed by atoms with Crippen molar-refractivity contribution in [2.24, 2.45) is 0 Å². The maximum absolute atomic E-state index is 14.0. The van der Waals surface area contributed by atoms with Crippen molar-refractivity contribution < 1.29 is 28.7 Å². The highest BCUT2D eigenvalue weighted by Gasteiger charge is 2.38. The maximum atomic E-state index is 14.0. The topological polar surface area (TPSA) is 175 Å². The molecule has 4 aromatic heterocycles. The van der Waals surface area contributed by atoms with Gasteiger partial charge in [-0.2, -0.15) is 0 Å². The van der Waals surface area contributed by atoms with Gasteiger partial charge in [-0.05, 0) is 52.8 Å². The van der Waals surface area contributed by atoms with Crippen LogP contribution in [0.2, 0.25) is 0 Å². The molecule has 0 radical (unpaired) electrons. The van der Waals surface area contributed by atoms with Gasteiger partial charge in [0, 0.05) is 35.0 Å². The van der Waals surface area contributed by atoms with Crippen LogP contribution in [0.15, 0.2) is 132 Å². The molecule has 4 atom stereocenters. The molecule has 10 rings (SSSR count). The van der Waals surface area contributed by atoms with Crippen LogP contribution in [0, 0.1) is 0 Å². The van der Waals surface area contributed by atoms with Crippen molar-refractivity contribution in [3.63, 3.8) is 0 Å². The molecule has 2 unspecified atom stereocenters. The monoisotopic (exact) mass is 916 g/mol. The predicted octanol–water partition coefficient (Wildman–Crippen LogP) is 9.86. The van der Waals surface area contributed by atoms with Crippen molar-refractivity contribution in [3.05, 3.63) is 155 Å². The number of aromatic nitrogens is 4. The fraction of sp³-hybridized carbons (Fsp3) is 0.200. The summed E-state index contributed by atoms with van der Waals surface area (Å²) < 4.78 is 12.1. The number of amides is 4. The minimum Gasteiger partial charge on any atom is -0.453 e. The fourth-order valence-corrected chi connectivity index (χ4v) is 11.4. The van der Waals surface area contributed by atoms with Crippen LogP contribution in [0.25, 0.3) is 53.9 Å². The van der Waals surface area contributed by atoms with E-state index < -0.39 is 30.3 Å². The molecular weight excluding hydrogens is 873 g/mol. The van der Waals surface area contributed by atoms with E-state index in [0.717, 1.165) is 57.4 Å². The number of imidazole rings is 2. The number of H-pyrrole nitrogens is 2. The number of hydrogen-bond acceptors (Lipinski definition) is 10. The summed E-state index contributed by atoms with van der Waals surface area (Å²) in [4.78, 5) is 72.7. The highest BCUT2D eigenvalue weighted by atomic mass is 32.1. The van der Waals surface area contributed by atoms with Gasteiger partial charge >= 0.3 is 12.2 Å². The van der Waals surface area contributed by atoms with Gasteiger partial charge in [-0.25, -0.2) is 19.6 Å². The number of nitrogens with zero attached hydrogens (tertiary/aromatic N) is 4. The number of benzene rings is 4. The van der Waals surface area contributed by atoms with Crippen LogP contribution in [0.4, 0.5) is 9.59 Å². The van der Waals surface area contributed by atoms with E-state index >= 15 is 0 Å². The molecular formula is C50H44N8O6S2. The van der Waals surface area contributed by atoms with E-state index in [1.165, 1.54) is 23.6 Å². The molecule has 16 heteroatoms. The zero-order valence-electron chi connectivity index (χ0n) is 35.9. The predicted molar refractivity (Wildman–Crippen MR) is 255 cm³/mol. The molecule has 6 heterocycles. The van der Waals surface area contributed by atoms with Crippen molar-refractivity contribution in [2.75, 3.05) is 27.3 Å². The normalized spacial score (nSPS) is 16.7. The molecule has 2 aliphatic heterocycles. The number of nitrogens with one attached hydrogen (secondary N) is 4. The van der Waals surface area contributed by atoms with Crippen molar-refractivity contribution >= 4 is 67.1 Å². The van der Waals surface area contributed by atoms with Crippen molar-refractivity contribution in [3.8, 4) is 33.5 Å². The molecule has 0 aliphatic carbocycles. The Bertz CT molecular complexity index is 3100. The largest absolute Gasteiger partial charge is 0.453 e. The second-order valence-electron chi connectivity index (χ2n) is 16.1. The summed E-state index contributed by atoms with van der Waals surface area (Å²) in [5.74, 6) is 0.856. The molecule has 0 bridgehead atoms. The van der Waals surface area contributed by atoms with Gasteiger partial charge < -0.3 is 39.9 Å². The Morgan fingerprint density at radius 1 is 0.712 bits per heavy atom. The summed E-state index contributed by atoms with van der Waals surface area (Å²) in [6.07, 6.45) is 5.91. The third-order valence-electron chi connectivity index (χ3n) is 12.2. The van der Waals surface area contributed by atoms with E-state index in [1.807, 2.05) is 72.9 Å². The van der Waals surface area contributed by atoms with Crippen LogP contribution in [0.5, 0.6) is 0 Å². The summed E-state index contributed by atoms with van der Waals surface area (Å²) in [7, 11) is 2.56. The standard InChI is InChI=1S/C50H44N8O6S2/c1-63-49(61)55-41(31-11-5-3-6-12-31)47(59)57-23-9-15-39(57)45-51-26-38(54-45)30-19-17-29(18-20-30)34-27-65-44-35(28-66-43(34)44)33-21-22-36-37(25-33)53-46(52-36)40-16-10-24-58(40)48(60)42(56-50(62)64-2)32-13-7-4-8-14-32/h3-8,10-14,16-22,25-28,39-42H,9,15,23-24H2,1-2H3,(H,51,54)(H,52,53)(H,55,61)(H,56,62)/t39?,40?,41-,42-/m1/s1. The van der Waals surface area contributed by atoms with Gasteiger partial charge in [0.15, 0.2) is 0 Å². The Hall–Kier alpha value is -7.56. The Labute approximate surface area is 387 Å². The number of rotatable bonds is 11. The van der Waals surface area contributed by atoms with Crippen LogP contribution in [0.1, 0.15) is 59.8 Å². The van der Waals surface area contributed by atoms with Crippen LogP contribution >= 0.6 is 22.7 Å². The van der Waals surface area contributed by atoms with Crippen LogP contribution < -0.4 is 10.6 Å². The molecule has 2 aliphatic rings. The second-order valence-corrected chi connectivity index (χ2v) is 17.8. The van der Waals surface area contributed by atoms with Gasteiger partial charge in [-0.3, -0.25) is 9.59 Å². The number of aromatic amines is 2. The van der Waals surface area contributed by atoms with Gasteiger partial charge in [0.25, 0.3) is 11.8 Å². The minimum absolute atomic E-state index is 0.212. The van der Waals surface area contributed by atoms with Crippen LogP contribution in [-0.2, 0) is 19.1 Å². The third kappa shape index (κ3) is 8.09. The SMILES string of the molecule is COC(=O)N[C@@H](C(=O)N1CC=CC1c1nc2ccc(-c3csc4c(-c5ccc(-c6cnc(C7CCCN7C(=O)[C@H](NC(=O)OC)c7ccccc7)[nH]6)cc5)csc34)cc2[nH]1)c1ccccc1. The average Bonchev–Trinajstić information content (AvgIpc) is 4.22. The van der Waals surface area contributed by atoms with E-state index in [4.69, 9.17) is 19.4 Å². The van der Waals surface area contributed by atoms with E-state index in [0.29, 0.717) is 35.9 Å². The van der Waals surface area contributed by atoms with E-state index in [-0.39, 0.29) is 17.9 Å². The van der Waals surface area contributed by atoms with Crippen molar-refractivity contribution in [2.45, 2.75) is 37.0 Å². The number of likely N-dealkylation sites (tertiary alicyclic amines) is 1. The average molecular weight is 917 g/mol. The zero-order chi connectivity index (χ0) is 45.3. The molecule has 8 aromatic rings. The molecule has 332 valence electrons. The number of fused-ring (bicyclic) bond motifs is 2. The number of methoxy groups -OCH3 is 2. The Morgan fingerprint density at radius 3 is 1.94 bits per heavy atom. The van der Waals surface area contributed by atoms with Gasteiger partial charge in [0.2, 0.25) is 0 Å². The maximum Gasteiger partial charge on any atom is 0.407 e. The summed E-state index contributed by atoms with van der Waals surface area (Å²) in [6.45, 7) is 0.923. The van der Waals surface area contributed by atoms with Gasteiger partial charge in [0.05, 0.1) is 52.6 Å². The van der Waals surface area contributed by atoms with Gasteiger partial charge in [-0.15, -0.1) is 22.7 Å². The first-order valence-electron chi connectivity index (χ1n) is 21.5. The second kappa shape index (κ2) is 18.1. The van der Waals surface area contributed by atoms with Crippen LogP contribution in [-0.4, -0.2) is 81.0 Å². The van der Waals surface area contributed by atoms with E-state index in [9.17, 15) is 19.2 Å². The number of ether oxygens (including phenoxy) is 2. The first kappa shape index (κ1) is 42.4. The van der Waals surface area contributed by atoms with Gasteiger partial charge in [-0.1, -0.05) is 103 Å². The molecule has 1 saturated heterocycles. The summed E-state index contributed by atoms with van der Waals surface area (Å²) in [5.41, 5.74) is 9.26.